The Morgan fingerprint density at radius 3 is 2.33 bits per heavy atom. The first-order chi connectivity index (χ1) is 11.7. The molecule has 1 aliphatic rings. The maximum atomic E-state index is 12.6. The van der Waals surface area contributed by atoms with E-state index in [1.807, 2.05) is 24.1 Å². The Labute approximate surface area is 147 Å². The van der Waals surface area contributed by atoms with Crippen molar-refractivity contribution in [3.63, 3.8) is 0 Å². The molecular weight excluding hydrogens is 298 g/mol. The second-order valence-corrected chi connectivity index (χ2v) is 6.76. The summed E-state index contributed by atoms with van der Waals surface area (Å²) >= 11 is 0. The number of anilines is 1. The Bertz CT molecular complexity index is 494. The van der Waals surface area contributed by atoms with Crippen LogP contribution < -0.4 is 4.90 Å². The van der Waals surface area contributed by atoms with Crippen LogP contribution in [0.2, 0.25) is 0 Å². The van der Waals surface area contributed by atoms with Gasteiger partial charge in [-0.2, -0.15) is 0 Å². The SMILES string of the molecule is CCCCN(CC)c1ccc(C(=O)N(C)CCN2CCCC2)cc1. The lowest BCUT2D eigenvalue weighted by molar-refractivity contribution is 0.0782. The Morgan fingerprint density at radius 2 is 1.75 bits per heavy atom. The van der Waals surface area contributed by atoms with Crippen molar-refractivity contribution in [3.8, 4) is 0 Å². The van der Waals surface area contributed by atoms with Crippen LogP contribution in [0.4, 0.5) is 5.69 Å². The Kier molecular flexibility index (Phi) is 7.57. The van der Waals surface area contributed by atoms with Crippen molar-refractivity contribution in [2.45, 2.75) is 39.5 Å². The normalized spacial score (nSPS) is 14.8. The zero-order chi connectivity index (χ0) is 17.4. The first-order valence-electron chi connectivity index (χ1n) is 9.48. The molecule has 0 N–H and O–H groups in total. The van der Waals surface area contributed by atoms with Gasteiger partial charge in [-0.3, -0.25) is 4.79 Å². The van der Waals surface area contributed by atoms with Crippen molar-refractivity contribution in [2.24, 2.45) is 0 Å². The number of carbonyl (C=O) groups excluding carboxylic acids is 1. The van der Waals surface area contributed by atoms with Gasteiger partial charge in [0, 0.05) is 44.5 Å². The van der Waals surface area contributed by atoms with Crippen molar-refractivity contribution in [1.82, 2.24) is 9.80 Å². The zero-order valence-electron chi connectivity index (χ0n) is 15.6. The number of hydrogen-bond donors (Lipinski definition) is 0. The summed E-state index contributed by atoms with van der Waals surface area (Å²) in [6.45, 7) is 10.6. The first-order valence-corrected chi connectivity index (χ1v) is 9.48. The average molecular weight is 332 g/mol. The highest BCUT2D eigenvalue weighted by molar-refractivity contribution is 5.94. The van der Waals surface area contributed by atoms with E-state index in [-0.39, 0.29) is 5.91 Å². The minimum atomic E-state index is 0.123. The van der Waals surface area contributed by atoms with E-state index in [0.29, 0.717) is 0 Å². The number of rotatable bonds is 9. The molecular formula is C20H33N3O. The fourth-order valence-corrected chi connectivity index (χ4v) is 3.25. The molecule has 134 valence electrons. The lowest BCUT2D eigenvalue weighted by atomic mass is 10.1. The Balaban J connectivity index is 1.89. The molecule has 1 saturated heterocycles. The summed E-state index contributed by atoms with van der Waals surface area (Å²) in [7, 11) is 1.91. The number of unbranched alkanes of at least 4 members (excludes halogenated alkanes) is 1. The molecule has 0 aromatic heterocycles. The molecule has 1 amide bonds. The number of benzene rings is 1. The van der Waals surface area contributed by atoms with Crippen molar-refractivity contribution in [3.05, 3.63) is 29.8 Å². The van der Waals surface area contributed by atoms with Gasteiger partial charge in [0.05, 0.1) is 0 Å². The highest BCUT2D eigenvalue weighted by Crippen LogP contribution is 2.17. The van der Waals surface area contributed by atoms with Crippen LogP contribution in [0.15, 0.2) is 24.3 Å². The van der Waals surface area contributed by atoms with Crippen LogP contribution >= 0.6 is 0 Å². The molecule has 0 spiro atoms. The second-order valence-electron chi connectivity index (χ2n) is 6.76. The highest BCUT2D eigenvalue weighted by atomic mass is 16.2. The van der Waals surface area contributed by atoms with Crippen molar-refractivity contribution >= 4 is 11.6 Å². The van der Waals surface area contributed by atoms with Gasteiger partial charge in [0.2, 0.25) is 0 Å². The number of nitrogens with zero attached hydrogens (tertiary/aromatic N) is 3. The van der Waals surface area contributed by atoms with Gasteiger partial charge in [-0.25, -0.2) is 0 Å². The van der Waals surface area contributed by atoms with Crippen LogP contribution in [0.1, 0.15) is 49.9 Å². The van der Waals surface area contributed by atoms with E-state index >= 15 is 0 Å². The van der Waals surface area contributed by atoms with E-state index in [4.69, 9.17) is 0 Å². The maximum absolute atomic E-state index is 12.6. The van der Waals surface area contributed by atoms with E-state index in [1.54, 1.807) is 0 Å². The van der Waals surface area contributed by atoms with Gasteiger partial charge in [0.1, 0.15) is 0 Å². The number of likely N-dealkylation sites (tertiary alicyclic amines) is 1. The Hall–Kier alpha value is -1.55. The van der Waals surface area contributed by atoms with Gasteiger partial charge in [-0.05, 0) is 63.5 Å². The topological polar surface area (TPSA) is 26.8 Å². The summed E-state index contributed by atoms with van der Waals surface area (Å²) < 4.78 is 0. The standard InChI is InChI=1S/C20H33N3O/c1-4-6-15-23(5-2)19-11-9-18(10-12-19)20(24)21(3)16-17-22-13-7-8-14-22/h9-12H,4-8,13-17H2,1-3H3. The quantitative estimate of drug-likeness (QED) is 0.693. The predicted octanol–water partition coefficient (Wildman–Crippen LogP) is 3.48. The monoisotopic (exact) mass is 331 g/mol. The van der Waals surface area contributed by atoms with E-state index in [0.717, 1.165) is 31.7 Å². The maximum Gasteiger partial charge on any atom is 0.253 e. The lowest BCUT2D eigenvalue weighted by Crippen LogP contribution is -2.35. The van der Waals surface area contributed by atoms with Gasteiger partial charge < -0.3 is 14.7 Å². The first kappa shape index (κ1) is 18.8. The minimum absolute atomic E-state index is 0.123. The molecule has 0 aliphatic carbocycles. The van der Waals surface area contributed by atoms with Gasteiger partial charge in [-0.15, -0.1) is 0 Å². The fraction of sp³-hybridized carbons (Fsp3) is 0.650. The molecule has 24 heavy (non-hydrogen) atoms. The van der Waals surface area contributed by atoms with Crippen LogP contribution in [0, 0.1) is 0 Å². The minimum Gasteiger partial charge on any atom is -0.372 e. The third-order valence-corrected chi connectivity index (χ3v) is 4.94. The molecule has 1 fully saturated rings. The van der Waals surface area contributed by atoms with Gasteiger partial charge >= 0.3 is 0 Å². The summed E-state index contributed by atoms with van der Waals surface area (Å²) in [5.74, 6) is 0.123. The molecule has 1 aliphatic heterocycles. The Morgan fingerprint density at radius 1 is 1.08 bits per heavy atom. The summed E-state index contributed by atoms with van der Waals surface area (Å²) in [5.41, 5.74) is 2.00. The summed E-state index contributed by atoms with van der Waals surface area (Å²) in [5, 5.41) is 0. The van der Waals surface area contributed by atoms with Crippen molar-refractivity contribution in [2.75, 3.05) is 51.2 Å². The van der Waals surface area contributed by atoms with Crippen LogP contribution in [0.25, 0.3) is 0 Å². The van der Waals surface area contributed by atoms with Crippen molar-refractivity contribution < 1.29 is 4.79 Å². The van der Waals surface area contributed by atoms with E-state index < -0.39 is 0 Å². The fourth-order valence-electron chi connectivity index (χ4n) is 3.25. The summed E-state index contributed by atoms with van der Waals surface area (Å²) in [4.78, 5) is 19.2. The lowest BCUT2D eigenvalue weighted by Gasteiger charge is -2.24. The number of amides is 1. The molecule has 0 radical (unpaired) electrons. The predicted molar refractivity (Wildman–Crippen MR) is 102 cm³/mol. The van der Waals surface area contributed by atoms with Crippen LogP contribution in [-0.4, -0.2) is 62.0 Å². The highest BCUT2D eigenvalue weighted by Gasteiger charge is 2.16. The smallest absolute Gasteiger partial charge is 0.253 e. The molecule has 0 unspecified atom stereocenters. The molecule has 4 nitrogen and oxygen atoms in total. The van der Waals surface area contributed by atoms with Crippen LogP contribution in [-0.2, 0) is 0 Å². The number of carbonyl (C=O) groups is 1. The molecule has 4 heteroatoms. The van der Waals surface area contributed by atoms with Gasteiger partial charge in [-0.1, -0.05) is 13.3 Å². The largest absolute Gasteiger partial charge is 0.372 e. The molecule has 1 heterocycles. The van der Waals surface area contributed by atoms with Crippen LogP contribution in [0.3, 0.4) is 0 Å². The van der Waals surface area contributed by atoms with E-state index in [2.05, 4.69) is 35.8 Å². The molecule has 1 aromatic carbocycles. The van der Waals surface area contributed by atoms with E-state index in [1.165, 1.54) is 44.5 Å². The summed E-state index contributed by atoms with van der Waals surface area (Å²) in [6, 6.07) is 8.11. The molecule has 0 bridgehead atoms. The third-order valence-electron chi connectivity index (χ3n) is 4.94. The third kappa shape index (κ3) is 5.23. The molecule has 1 aromatic rings. The zero-order valence-corrected chi connectivity index (χ0v) is 15.6. The van der Waals surface area contributed by atoms with E-state index in [9.17, 15) is 4.79 Å². The molecule has 0 atom stereocenters. The van der Waals surface area contributed by atoms with Gasteiger partial charge in [0.25, 0.3) is 5.91 Å². The van der Waals surface area contributed by atoms with Crippen LogP contribution in [0.5, 0.6) is 0 Å². The molecule has 2 rings (SSSR count). The second kappa shape index (κ2) is 9.67. The number of hydrogen-bond acceptors (Lipinski definition) is 3. The van der Waals surface area contributed by atoms with Gasteiger partial charge in [0.15, 0.2) is 0 Å². The summed E-state index contributed by atoms with van der Waals surface area (Å²) in [6.07, 6.45) is 5.00. The number of likely N-dealkylation sites (N-methyl/N-ethyl adjacent to an activating group) is 1. The molecule has 0 saturated carbocycles. The van der Waals surface area contributed by atoms with Crippen molar-refractivity contribution in [1.29, 1.82) is 0 Å². The average Bonchev–Trinajstić information content (AvgIpc) is 3.14.